The van der Waals surface area contributed by atoms with Crippen molar-refractivity contribution >= 4 is 5.78 Å². The maximum absolute atomic E-state index is 11.9. The summed E-state index contributed by atoms with van der Waals surface area (Å²) in [5, 5.41) is 0. The van der Waals surface area contributed by atoms with E-state index >= 15 is 0 Å². The minimum Gasteiger partial charge on any atom is -0.494 e. The lowest BCUT2D eigenvalue weighted by molar-refractivity contribution is -0.274. The minimum atomic E-state index is -4.82. The van der Waals surface area contributed by atoms with Gasteiger partial charge in [0.2, 0.25) is 5.78 Å². The molecular weight excluding hydrogens is 318 g/mol. The molecule has 0 spiro atoms. The van der Waals surface area contributed by atoms with Gasteiger partial charge in [-0.3, -0.25) is 4.79 Å². The second kappa shape index (κ2) is 7.37. The molecule has 22 heavy (non-hydrogen) atoms. The van der Waals surface area contributed by atoms with Gasteiger partial charge in [-0.2, -0.15) is 13.2 Å². The number of Topliss-reactive ketones (excluding diaryl/α,β-unsaturated/α-hetero) is 1. The molecule has 0 saturated heterocycles. The van der Waals surface area contributed by atoms with Crippen LogP contribution in [-0.2, 0) is 4.79 Å². The number of carbonyl (C=O) groups excluding carboxylic acids is 1. The number of alkyl halides is 6. The Kier molecular flexibility index (Phi) is 6.07. The molecule has 3 nitrogen and oxygen atoms in total. The highest BCUT2D eigenvalue weighted by Gasteiger charge is 2.37. The van der Waals surface area contributed by atoms with Crippen molar-refractivity contribution in [2.45, 2.75) is 31.8 Å². The molecule has 0 bridgehead atoms. The van der Waals surface area contributed by atoms with Crippen LogP contribution in [0.3, 0.4) is 0 Å². The summed E-state index contributed by atoms with van der Waals surface area (Å²) in [6.45, 7) is 0.0462. The molecule has 0 amide bonds. The highest BCUT2D eigenvalue weighted by molar-refractivity contribution is 5.83. The van der Waals surface area contributed by atoms with E-state index in [4.69, 9.17) is 4.74 Å². The number of carbonyl (C=O) groups is 1. The third-order valence-electron chi connectivity index (χ3n) is 2.44. The maximum Gasteiger partial charge on any atom is 0.573 e. The number of hydrogen-bond acceptors (Lipinski definition) is 3. The molecule has 0 N–H and O–H groups in total. The van der Waals surface area contributed by atoms with Crippen LogP contribution in [0.2, 0.25) is 0 Å². The third-order valence-corrected chi connectivity index (χ3v) is 2.44. The van der Waals surface area contributed by atoms with Crippen molar-refractivity contribution in [2.75, 3.05) is 6.61 Å². The van der Waals surface area contributed by atoms with E-state index in [1.165, 1.54) is 12.1 Å². The van der Waals surface area contributed by atoms with Crippen LogP contribution >= 0.6 is 0 Å². The third kappa shape index (κ3) is 7.19. The van der Waals surface area contributed by atoms with Crippen molar-refractivity contribution in [3.8, 4) is 11.5 Å². The van der Waals surface area contributed by atoms with Crippen molar-refractivity contribution in [3.05, 3.63) is 24.3 Å². The van der Waals surface area contributed by atoms with Crippen molar-refractivity contribution < 1.29 is 40.6 Å². The predicted molar refractivity (Wildman–Crippen MR) is 63.5 cm³/mol. The lowest BCUT2D eigenvalue weighted by atomic mass is 10.2. The molecule has 9 heteroatoms. The van der Waals surface area contributed by atoms with Crippen LogP contribution in [0.5, 0.6) is 11.5 Å². The quantitative estimate of drug-likeness (QED) is 0.553. The van der Waals surface area contributed by atoms with Crippen LogP contribution in [0.4, 0.5) is 26.3 Å². The molecule has 1 aromatic carbocycles. The lowest BCUT2D eigenvalue weighted by Gasteiger charge is -2.10. The van der Waals surface area contributed by atoms with Crippen molar-refractivity contribution in [2.24, 2.45) is 0 Å². The highest BCUT2D eigenvalue weighted by Crippen LogP contribution is 2.25. The van der Waals surface area contributed by atoms with Crippen LogP contribution in [0.1, 0.15) is 19.3 Å². The first kappa shape index (κ1) is 18.1. The fourth-order valence-electron chi connectivity index (χ4n) is 1.46. The summed E-state index contributed by atoms with van der Waals surface area (Å²) in [4.78, 5) is 10.6. The molecule has 124 valence electrons. The monoisotopic (exact) mass is 330 g/mol. The summed E-state index contributed by atoms with van der Waals surface area (Å²) in [5.74, 6) is -1.95. The van der Waals surface area contributed by atoms with Crippen LogP contribution in [-0.4, -0.2) is 24.9 Å². The van der Waals surface area contributed by atoms with E-state index in [-0.39, 0.29) is 25.2 Å². The Bertz CT molecular complexity index is 478. The second-order valence-corrected chi connectivity index (χ2v) is 4.25. The average molecular weight is 330 g/mol. The Morgan fingerprint density at radius 3 is 1.95 bits per heavy atom. The standard InChI is InChI=1S/C13H12F6O3/c14-12(15,16)11(20)3-1-2-8-21-9-4-6-10(7-5-9)22-13(17,18)19/h4-7H,1-3,8H2. The molecule has 0 unspecified atom stereocenters. The van der Waals surface area contributed by atoms with E-state index in [2.05, 4.69) is 4.74 Å². The van der Waals surface area contributed by atoms with Crippen LogP contribution in [0.15, 0.2) is 24.3 Å². The molecule has 0 atom stereocenters. The normalized spacial score (nSPS) is 12.1. The van der Waals surface area contributed by atoms with Gasteiger partial charge in [0.05, 0.1) is 6.61 Å². The van der Waals surface area contributed by atoms with Gasteiger partial charge in [-0.1, -0.05) is 0 Å². The molecule has 0 radical (unpaired) electrons. The Morgan fingerprint density at radius 1 is 0.909 bits per heavy atom. The van der Waals surface area contributed by atoms with Gasteiger partial charge in [0.25, 0.3) is 0 Å². The second-order valence-electron chi connectivity index (χ2n) is 4.25. The topological polar surface area (TPSA) is 35.5 Å². The van der Waals surface area contributed by atoms with E-state index < -0.39 is 30.5 Å². The zero-order chi connectivity index (χ0) is 16.8. The van der Waals surface area contributed by atoms with E-state index in [9.17, 15) is 31.1 Å². The fourth-order valence-corrected chi connectivity index (χ4v) is 1.46. The van der Waals surface area contributed by atoms with E-state index in [0.717, 1.165) is 12.1 Å². The number of unbranched alkanes of at least 4 members (excludes halogenated alkanes) is 1. The van der Waals surface area contributed by atoms with Gasteiger partial charge in [0.1, 0.15) is 11.5 Å². The lowest BCUT2D eigenvalue weighted by Crippen LogP contribution is -2.22. The van der Waals surface area contributed by atoms with Gasteiger partial charge in [0, 0.05) is 6.42 Å². The van der Waals surface area contributed by atoms with Gasteiger partial charge < -0.3 is 9.47 Å². The van der Waals surface area contributed by atoms with Crippen LogP contribution in [0, 0.1) is 0 Å². The zero-order valence-corrected chi connectivity index (χ0v) is 11.1. The van der Waals surface area contributed by atoms with Crippen LogP contribution < -0.4 is 9.47 Å². The molecule has 0 aliphatic heterocycles. The number of ether oxygens (including phenoxy) is 2. The van der Waals surface area contributed by atoms with Crippen LogP contribution in [0.25, 0.3) is 0 Å². The molecule has 0 fully saturated rings. The molecule has 0 aromatic heterocycles. The number of hydrogen-bond donors (Lipinski definition) is 0. The van der Waals surface area contributed by atoms with Gasteiger partial charge in [-0.05, 0) is 37.1 Å². The Labute approximate surface area is 121 Å². The number of rotatable bonds is 7. The molecular formula is C13H12F6O3. The summed E-state index contributed by atoms with van der Waals surface area (Å²) in [7, 11) is 0. The summed E-state index contributed by atoms with van der Waals surface area (Å²) < 4.78 is 80.3. The molecule has 1 aromatic rings. The molecule has 0 saturated carbocycles. The summed E-state index contributed by atoms with van der Waals surface area (Å²) >= 11 is 0. The molecule has 0 aliphatic rings. The number of benzene rings is 1. The smallest absolute Gasteiger partial charge is 0.494 e. The molecule has 1 rings (SSSR count). The first-order valence-electron chi connectivity index (χ1n) is 6.16. The van der Waals surface area contributed by atoms with Gasteiger partial charge in [-0.25, -0.2) is 0 Å². The Hall–Kier alpha value is -1.93. The predicted octanol–water partition coefficient (Wildman–Crippen LogP) is 4.27. The summed E-state index contributed by atoms with van der Waals surface area (Å²) in [6.07, 6.45) is -10.0. The molecule has 0 heterocycles. The molecule has 0 aliphatic carbocycles. The van der Waals surface area contributed by atoms with Gasteiger partial charge in [-0.15, -0.1) is 13.2 Å². The largest absolute Gasteiger partial charge is 0.573 e. The van der Waals surface area contributed by atoms with Crippen molar-refractivity contribution in [1.82, 2.24) is 0 Å². The average Bonchev–Trinajstić information content (AvgIpc) is 2.37. The first-order chi connectivity index (χ1) is 10.1. The van der Waals surface area contributed by atoms with Gasteiger partial charge >= 0.3 is 12.5 Å². The van der Waals surface area contributed by atoms with Gasteiger partial charge in [0.15, 0.2) is 0 Å². The summed E-state index contributed by atoms with van der Waals surface area (Å²) in [6, 6.07) is 4.58. The van der Waals surface area contributed by atoms with Crippen molar-refractivity contribution in [3.63, 3.8) is 0 Å². The van der Waals surface area contributed by atoms with E-state index in [0.29, 0.717) is 0 Å². The zero-order valence-electron chi connectivity index (χ0n) is 11.1. The first-order valence-corrected chi connectivity index (χ1v) is 6.16. The highest BCUT2D eigenvalue weighted by atomic mass is 19.4. The number of ketones is 1. The SMILES string of the molecule is O=C(CCCCOc1ccc(OC(F)(F)F)cc1)C(F)(F)F. The maximum atomic E-state index is 11.9. The van der Waals surface area contributed by atoms with E-state index in [1.807, 2.05) is 0 Å². The fraction of sp³-hybridized carbons (Fsp3) is 0.462. The Morgan fingerprint density at radius 2 is 1.45 bits per heavy atom. The minimum absolute atomic E-state index is 0.00755. The number of halogens is 6. The van der Waals surface area contributed by atoms with Crippen molar-refractivity contribution in [1.29, 1.82) is 0 Å². The van der Waals surface area contributed by atoms with E-state index in [1.54, 1.807) is 0 Å². The Balaban J connectivity index is 2.27. The summed E-state index contributed by atoms with van der Waals surface area (Å²) in [5.41, 5.74) is 0.